The molecule has 1 aromatic heterocycles. The van der Waals surface area contributed by atoms with E-state index in [4.69, 9.17) is 10.1 Å². The zero-order chi connectivity index (χ0) is 25.5. The van der Waals surface area contributed by atoms with E-state index in [0.29, 0.717) is 31.4 Å². The molecule has 1 amide bonds. The molecule has 0 aliphatic heterocycles. The SMILES string of the molecule is CC(CNC(=O)c1ccc2nc(-c3ccc(F)cc3)c(CCCCC(=O)O)cc2c1)c1ccccc1. The average Bonchev–Trinajstić information content (AvgIpc) is 2.89. The Morgan fingerprint density at radius 2 is 1.72 bits per heavy atom. The van der Waals surface area contributed by atoms with Crippen LogP contribution in [0.15, 0.2) is 78.9 Å². The number of hydrogen-bond donors (Lipinski definition) is 2. The Bertz CT molecular complexity index is 1350. The Kier molecular flexibility index (Phi) is 8.06. The molecule has 2 N–H and O–H groups in total. The Balaban J connectivity index is 1.57. The Labute approximate surface area is 210 Å². The first-order valence-corrected chi connectivity index (χ1v) is 12.2. The largest absolute Gasteiger partial charge is 0.481 e. The fourth-order valence-electron chi connectivity index (χ4n) is 4.25. The number of carboxylic acid groups (broad SMARTS) is 1. The van der Waals surface area contributed by atoms with Crippen molar-refractivity contribution in [3.63, 3.8) is 0 Å². The van der Waals surface area contributed by atoms with Crippen molar-refractivity contribution in [2.75, 3.05) is 6.54 Å². The van der Waals surface area contributed by atoms with Crippen LogP contribution in [0.25, 0.3) is 22.2 Å². The van der Waals surface area contributed by atoms with Gasteiger partial charge in [0.25, 0.3) is 5.91 Å². The smallest absolute Gasteiger partial charge is 0.303 e. The van der Waals surface area contributed by atoms with Crippen molar-refractivity contribution >= 4 is 22.8 Å². The van der Waals surface area contributed by atoms with Crippen LogP contribution in [0, 0.1) is 5.82 Å². The maximum Gasteiger partial charge on any atom is 0.303 e. The summed E-state index contributed by atoms with van der Waals surface area (Å²) in [5, 5.41) is 12.8. The molecule has 0 aliphatic carbocycles. The van der Waals surface area contributed by atoms with Crippen molar-refractivity contribution in [3.8, 4) is 11.3 Å². The number of aromatic nitrogens is 1. The van der Waals surface area contributed by atoms with Gasteiger partial charge in [0.2, 0.25) is 0 Å². The molecule has 1 unspecified atom stereocenters. The number of carboxylic acids is 1. The molecule has 4 rings (SSSR count). The van der Waals surface area contributed by atoms with Crippen molar-refractivity contribution in [2.24, 2.45) is 0 Å². The Morgan fingerprint density at radius 1 is 0.972 bits per heavy atom. The first-order chi connectivity index (χ1) is 17.4. The predicted octanol–water partition coefficient (Wildman–Crippen LogP) is 6.37. The number of carbonyl (C=O) groups excluding carboxylic acids is 1. The summed E-state index contributed by atoms with van der Waals surface area (Å²) in [7, 11) is 0. The van der Waals surface area contributed by atoms with Gasteiger partial charge in [-0.25, -0.2) is 9.37 Å². The Hall–Kier alpha value is -4.06. The lowest BCUT2D eigenvalue weighted by Gasteiger charge is -2.14. The summed E-state index contributed by atoms with van der Waals surface area (Å²) in [5.74, 6) is -1.10. The van der Waals surface area contributed by atoms with Gasteiger partial charge in [0.1, 0.15) is 5.82 Å². The van der Waals surface area contributed by atoms with Crippen LogP contribution in [-0.4, -0.2) is 28.5 Å². The molecule has 1 heterocycles. The van der Waals surface area contributed by atoms with E-state index in [1.54, 1.807) is 18.2 Å². The molecule has 0 radical (unpaired) electrons. The van der Waals surface area contributed by atoms with Crippen LogP contribution < -0.4 is 5.32 Å². The van der Waals surface area contributed by atoms with Gasteiger partial charge < -0.3 is 10.4 Å². The first kappa shape index (κ1) is 25.0. The summed E-state index contributed by atoms with van der Waals surface area (Å²) < 4.78 is 13.5. The van der Waals surface area contributed by atoms with Crippen molar-refractivity contribution in [2.45, 2.75) is 38.5 Å². The number of pyridine rings is 1. The van der Waals surface area contributed by atoms with Crippen LogP contribution in [0.4, 0.5) is 4.39 Å². The Morgan fingerprint density at radius 3 is 2.44 bits per heavy atom. The third-order valence-corrected chi connectivity index (χ3v) is 6.30. The van der Waals surface area contributed by atoms with E-state index >= 15 is 0 Å². The van der Waals surface area contributed by atoms with Crippen LogP contribution in [0.3, 0.4) is 0 Å². The normalized spacial score (nSPS) is 11.8. The number of carbonyl (C=O) groups is 2. The third-order valence-electron chi connectivity index (χ3n) is 6.30. The third kappa shape index (κ3) is 6.33. The number of aliphatic carboxylic acids is 1. The number of fused-ring (bicyclic) bond motifs is 1. The molecule has 6 heteroatoms. The lowest BCUT2D eigenvalue weighted by Crippen LogP contribution is -2.27. The minimum atomic E-state index is -0.817. The number of unbranched alkanes of at least 4 members (excludes halogenated alkanes) is 1. The molecule has 0 saturated carbocycles. The van der Waals surface area contributed by atoms with Crippen LogP contribution >= 0.6 is 0 Å². The number of nitrogens with one attached hydrogen (secondary N) is 1. The van der Waals surface area contributed by atoms with Crippen LogP contribution in [0.1, 0.15) is 53.6 Å². The van der Waals surface area contributed by atoms with Crippen molar-refractivity contribution < 1.29 is 19.1 Å². The maximum atomic E-state index is 13.5. The van der Waals surface area contributed by atoms with Gasteiger partial charge in [0.05, 0.1) is 11.2 Å². The summed E-state index contributed by atoms with van der Waals surface area (Å²) in [5.41, 5.74) is 4.93. The number of aryl methyl sites for hydroxylation is 1. The molecule has 0 aliphatic rings. The lowest BCUT2D eigenvalue weighted by atomic mass is 9.98. The van der Waals surface area contributed by atoms with Gasteiger partial charge in [-0.2, -0.15) is 0 Å². The van der Waals surface area contributed by atoms with Crippen molar-refractivity contribution in [1.82, 2.24) is 10.3 Å². The molecule has 0 spiro atoms. The highest BCUT2D eigenvalue weighted by Gasteiger charge is 2.14. The number of amides is 1. The monoisotopic (exact) mass is 484 g/mol. The quantitative estimate of drug-likeness (QED) is 0.256. The first-order valence-electron chi connectivity index (χ1n) is 12.2. The van der Waals surface area contributed by atoms with Gasteiger partial charge in [0.15, 0.2) is 0 Å². The molecular formula is C30H29FN2O3. The van der Waals surface area contributed by atoms with E-state index < -0.39 is 5.97 Å². The molecule has 184 valence electrons. The van der Waals surface area contributed by atoms with Crippen molar-refractivity contribution in [1.29, 1.82) is 0 Å². The number of halogens is 1. The number of hydrogen-bond acceptors (Lipinski definition) is 3. The molecular weight excluding hydrogens is 455 g/mol. The second kappa shape index (κ2) is 11.6. The summed E-state index contributed by atoms with van der Waals surface area (Å²) >= 11 is 0. The molecule has 0 fully saturated rings. The molecule has 0 bridgehead atoms. The molecule has 5 nitrogen and oxygen atoms in total. The second-order valence-corrected chi connectivity index (χ2v) is 9.03. The van der Waals surface area contributed by atoms with E-state index in [1.807, 2.05) is 36.4 Å². The molecule has 36 heavy (non-hydrogen) atoms. The van der Waals surface area contributed by atoms with E-state index in [-0.39, 0.29) is 24.1 Å². The fourth-order valence-corrected chi connectivity index (χ4v) is 4.25. The van der Waals surface area contributed by atoms with Gasteiger partial charge in [-0.05, 0) is 84.8 Å². The van der Waals surface area contributed by atoms with Crippen molar-refractivity contribution in [3.05, 3.63) is 101 Å². The molecule has 3 aromatic carbocycles. The average molecular weight is 485 g/mol. The van der Waals surface area contributed by atoms with E-state index in [0.717, 1.165) is 27.7 Å². The zero-order valence-corrected chi connectivity index (χ0v) is 20.2. The maximum absolute atomic E-state index is 13.5. The zero-order valence-electron chi connectivity index (χ0n) is 20.2. The summed E-state index contributed by atoms with van der Waals surface area (Å²) in [6, 6.07) is 23.7. The van der Waals surface area contributed by atoms with Crippen LogP contribution in [0.5, 0.6) is 0 Å². The van der Waals surface area contributed by atoms with E-state index in [2.05, 4.69) is 24.4 Å². The van der Waals surface area contributed by atoms with Gasteiger partial charge in [-0.3, -0.25) is 9.59 Å². The second-order valence-electron chi connectivity index (χ2n) is 9.03. The van der Waals surface area contributed by atoms with Gasteiger partial charge in [-0.1, -0.05) is 37.3 Å². The number of rotatable bonds is 10. The minimum Gasteiger partial charge on any atom is -0.481 e. The van der Waals surface area contributed by atoms with Crippen LogP contribution in [0.2, 0.25) is 0 Å². The lowest BCUT2D eigenvalue weighted by molar-refractivity contribution is -0.137. The van der Waals surface area contributed by atoms with E-state index in [9.17, 15) is 14.0 Å². The number of benzene rings is 3. The van der Waals surface area contributed by atoms with Gasteiger partial charge >= 0.3 is 5.97 Å². The predicted molar refractivity (Wildman–Crippen MR) is 140 cm³/mol. The molecule has 1 atom stereocenters. The highest BCUT2D eigenvalue weighted by Crippen LogP contribution is 2.28. The summed E-state index contributed by atoms with van der Waals surface area (Å²) in [6.45, 7) is 2.60. The number of nitrogens with zero attached hydrogens (tertiary/aromatic N) is 1. The highest BCUT2D eigenvalue weighted by molar-refractivity contribution is 5.98. The standard InChI is InChI=1S/C30H29FN2O3/c1-20(21-7-3-2-4-8-21)19-32-30(36)24-13-16-27-25(18-24)17-23(9-5-6-10-28(34)35)29(33-27)22-11-14-26(31)15-12-22/h2-4,7-8,11-18,20H,5-6,9-10,19H2,1H3,(H,32,36)(H,34,35). The fraction of sp³-hybridized carbons (Fsp3) is 0.233. The highest BCUT2D eigenvalue weighted by atomic mass is 19.1. The topological polar surface area (TPSA) is 79.3 Å². The molecule has 0 saturated heterocycles. The van der Waals surface area contributed by atoms with Gasteiger partial charge in [0, 0.05) is 29.5 Å². The molecule has 4 aromatic rings. The minimum absolute atomic E-state index is 0.110. The summed E-state index contributed by atoms with van der Waals surface area (Å²) in [4.78, 5) is 28.6. The van der Waals surface area contributed by atoms with E-state index in [1.165, 1.54) is 17.7 Å². The summed E-state index contributed by atoms with van der Waals surface area (Å²) in [6.07, 6.45) is 1.98. The van der Waals surface area contributed by atoms with Gasteiger partial charge in [-0.15, -0.1) is 0 Å². The van der Waals surface area contributed by atoms with Crippen LogP contribution in [-0.2, 0) is 11.2 Å².